The first-order valence-electron chi connectivity index (χ1n) is 2.94. The van der Waals surface area contributed by atoms with Gasteiger partial charge in [-0.1, -0.05) is 11.6 Å². The Morgan fingerprint density at radius 2 is 2.45 bits per heavy atom. The number of halogens is 1. The molecule has 1 heterocycles. The second-order valence-electron chi connectivity index (χ2n) is 1.96. The van der Waals surface area contributed by atoms with Crippen LogP contribution in [-0.2, 0) is 6.42 Å². The van der Waals surface area contributed by atoms with Crippen LogP contribution in [0.5, 0.6) is 5.75 Å². The summed E-state index contributed by atoms with van der Waals surface area (Å²) in [5.74, 6) is 0.0108. The van der Waals surface area contributed by atoms with E-state index in [0.29, 0.717) is 10.7 Å². The van der Waals surface area contributed by atoms with E-state index in [-0.39, 0.29) is 12.2 Å². The first-order valence-corrected chi connectivity index (χ1v) is 3.32. The molecule has 0 saturated heterocycles. The largest absolute Gasteiger partial charge is 0.506 e. The van der Waals surface area contributed by atoms with E-state index in [0.717, 1.165) is 0 Å². The Hall–Kier alpha value is -1.27. The van der Waals surface area contributed by atoms with Crippen molar-refractivity contribution in [2.45, 2.75) is 6.42 Å². The van der Waals surface area contributed by atoms with E-state index in [1.807, 2.05) is 6.07 Å². The molecule has 0 aliphatic rings. The van der Waals surface area contributed by atoms with Crippen molar-refractivity contribution in [1.82, 2.24) is 4.98 Å². The van der Waals surface area contributed by atoms with Crippen LogP contribution in [0.4, 0.5) is 0 Å². The van der Waals surface area contributed by atoms with Crippen LogP contribution in [0.3, 0.4) is 0 Å². The van der Waals surface area contributed by atoms with E-state index in [2.05, 4.69) is 4.98 Å². The highest BCUT2D eigenvalue weighted by atomic mass is 35.5. The van der Waals surface area contributed by atoms with Gasteiger partial charge in [0.1, 0.15) is 5.75 Å². The van der Waals surface area contributed by atoms with Crippen molar-refractivity contribution >= 4 is 11.6 Å². The first kappa shape index (κ1) is 7.83. The van der Waals surface area contributed by atoms with E-state index in [1.54, 1.807) is 0 Å². The second-order valence-corrected chi connectivity index (χ2v) is 2.36. The topological polar surface area (TPSA) is 56.9 Å². The predicted octanol–water partition coefficient (Wildman–Crippen LogP) is 1.51. The number of hydrogen-bond acceptors (Lipinski definition) is 3. The molecule has 1 aromatic rings. The van der Waals surface area contributed by atoms with Crippen LogP contribution in [0.2, 0.25) is 5.02 Å². The molecule has 56 valence electrons. The zero-order valence-corrected chi connectivity index (χ0v) is 6.34. The highest BCUT2D eigenvalue weighted by Crippen LogP contribution is 2.18. The molecule has 0 radical (unpaired) electrons. The van der Waals surface area contributed by atoms with E-state index in [9.17, 15) is 0 Å². The van der Waals surface area contributed by atoms with Gasteiger partial charge in [0.05, 0.1) is 29.4 Å². The van der Waals surface area contributed by atoms with Gasteiger partial charge >= 0.3 is 0 Å². The molecule has 4 heteroatoms. The number of nitrogens with zero attached hydrogens (tertiary/aromatic N) is 2. The van der Waals surface area contributed by atoms with E-state index in [1.165, 1.54) is 12.3 Å². The molecule has 0 aliphatic heterocycles. The average molecular weight is 169 g/mol. The Bertz CT molecular complexity index is 306. The van der Waals surface area contributed by atoms with Gasteiger partial charge in [0.15, 0.2) is 0 Å². The molecule has 0 aromatic carbocycles. The molecule has 0 bridgehead atoms. The molecule has 3 nitrogen and oxygen atoms in total. The van der Waals surface area contributed by atoms with Crippen molar-refractivity contribution < 1.29 is 5.11 Å². The molecule has 0 amide bonds. The third-order valence-electron chi connectivity index (χ3n) is 1.15. The van der Waals surface area contributed by atoms with Crippen molar-refractivity contribution in [1.29, 1.82) is 5.26 Å². The fourth-order valence-corrected chi connectivity index (χ4v) is 0.888. The number of rotatable bonds is 1. The van der Waals surface area contributed by atoms with Gasteiger partial charge in [0, 0.05) is 6.07 Å². The van der Waals surface area contributed by atoms with Crippen molar-refractivity contribution in [2.75, 3.05) is 0 Å². The molecule has 11 heavy (non-hydrogen) atoms. The minimum Gasteiger partial charge on any atom is -0.506 e. The van der Waals surface area contributed by atoms with E-state index in [4.69, 9.17) is 22.0 Å². The predicted molar refractivity (Wildman–Crippen MR) is 40.2 cm³/mol. The number of aromatic hydroxyl groups is 1. The van der Waals surface area contributed by atoms with Crippen molar-refractivity contribution in [3.63, 3.8) is 0 Å². The Labute approximate surface area is 68.9 Å². The Kier molecular flexibility index (Phi) is 2.29. The lowest BCUT2D eigenvalue weighted by molar-refractivity contribution is 0.472. The minimum atomic E-state index is 0.0108. The lowest BCUT2D eigenvalue weighted by Gasteiger charge is -1.97. The van der Waals surface area contributed by atoms with Crippen LogP contribution < -0.4 is 0 Å². The molecule has 0 spiro atoms. The maximum absolute atomic E-state index is 8.88. The first-order chi connectivity index (χ1) is 5.24. The van der Waals surface area contributed by atoms with Gasteiger partial charge in [0.25, 0.3) is 0 Å². The summed E-state index contributed by atoms with van der Waals surface area (Å²) in [7, 11) is 0. The summed E-state index contributed by atoms with van der Waals surface area (Å²) in [6.07, 6.45) is 1.43. The number of nitriles is 1. The van der Waals surface area contributed by atoms with Crippen molar-refractivity contribution in [3.8, 4) is 11.8 Å². The average Bonchev–Trinajstić information content (AvgIpc) is 1.95. The summed E-state index contributed by atoms with van der Waals surface area (Å²) in [5, 5.41) is 17.5. The Balaban J connectivity index is 3.01. The molecule has 0 atom stereocenters. The maximum Gasteiger partial charge on any atom is 0.135 e. The van der Waals surface area contributed by atoms with Crippen LogP contribution in [0, 0.1) is 11.3 Å². The molecule has 0 aliphatic carbocycles. The Morgan fingerprint density at radius 3 is 3.00 bits per heavy atom. The van der Waals surface area contributed by atoms with Crippen LogP contribution in [0.25, 0.3) is 0 Å². The van der Waals surface area contributed by atoms with Crippen molar-refractivity contribution in [3.05, 3.63) is 23.0 Å². The smallest absolute Gasteiger partial charge is 0.135 e. The lowest BCUT2D eigenvalue weighted by atomic mass is 10.3. The highest BCUT2D eigenvalue weighted by Gasteiger charge is 2.01. The number of pyridine rings is 1. The zero-order chi connectivity index (χ0) is 8.27. The summed E-state index contributed by atoms with van der Waals surface area (Å²) in [6, 6.07) is 3.28. The maximum atomic E-state index is 8.88. The van der Waals surface area contributed by atoms with Gasteiger partial charge < -0.3 is 5.11 Å². The SMILES string of the molecule is N#CCc1ncc(O)cc1Cl. The van der Waals surface area contributed by atoms with Gasteiger partial charge in [0.2, 0.25) is 0 Å². The monoisotopic (exact) mass is 168 g/mol. The van der Waals surface area contributed by atoms with E-state index < -0.39 is 0 Å². The molecular weight excluding hydrogens is 164 g/mol. The minimum absolute atomic E-state index is 0.0108. The molecule has 1 N–H and O–H groups in total. The summed E-state index contributed by atoms with van der Waals surface area (Å²) in [5.41, 5.74) is 0.493. The van der Waals surface area contributed by atoms with Crippen LogP contribution >= 0.6 is 11.6 Å². The summed E-state index contributed by atoms with van der Waals surface area (Å²) >= 11 is 5.63. The van der Waals surface area contributed by atoms with E-state index >= 15 is 0 Å². The summed E-state index contributed by atoms with van der Waals surface area (Å²) in [4.78, 5) is 3.76. The van der Waals surface area contributed by atoms with Crippen LogP contribution in [0.15, 0.2) is 12.3 Å². The van der Waals surface area contributed by atoms with Gasteiger partial charge in [-0.3, -0.25) is 4.98 Å². The summed E-state index contributed by atoms with van der Waals surface area (Å²) in [6.45, 7) is 0. The van der Waals surface area contributed by atoms with Gasteiger partial charge in [-0.2, -0.15) is 5.26 Å². The third-order valence-corrected chi connectivity index (χ3v) is 1.48. The molecule has 0 saturated carbocycles. The highest BCUT2D eigenvalue weighted by molar-refractivity contribution is 6.31. The molecule has 0 fully saturated rings. The normalized spacial score (nSPS) is 9.09. The van der Waals surface area contributed by atoms with Gasteiger partial charge in [-0.25, -0.2) is 0 Å². The van der Waals surface area contributed by atoms with Crippen LogP contribution in [0.1, 0.15) is 5.69 Å². The zero-order valence-electron chi connectivity index (χ0n) is 5.58. The van der Waals surface area contributed by atoms with Gasteiger partial charge in [-0.15, -0.1) is 0 Å². The molecule has 1 rings (SSSR count). The second kappa shape index (κ2) is 3.22. The van der Waals surface area contributed by atoms with Crippen molar-refractivity contribution in [2.24, 2.45) is 0 Å². The fraction of sp³-hybridized carbons (Fsp3) is 0.143. The molecule has 0 unspecified atom stereocenters. The quantitative estimate of drug-likeness (QED) is 0.692. The number of hydrogen-bond donors (Lipinski definition) is 1. The third kappa shape index (κ3) is 1.82. The number of aromatic nitrogens is 1. The molecule has 1 aromatic heterocycles. The van der Waals surface area contributed by atoms with Gasteiger partial charge in [-0.05, 0) is 0 Å². The Morgan fingerprint density at radius 1 is 1.73 bits per heavy atom. The fourth-order valence-electron chi connectivity index (χ4n) is 0.661. The standard InChI is InChI=1S/C7H5ClN2O/c8-6-3-5(11)4-10-7(6)1-2-9/h3-4,11H,1H2. The molecular formula is C7H5ClN2O. The lowest BCUT2D eigenvalue weighted by Crippen LogP contribution is -1.87. The summed E-state index contributed by atoms with van der Waals surface area (Å²) < 4.78 is 0. The van der Waals surface area contributed by atoms with Crippen LogP contribution in [-0.4, -0.2) is 10.1 Å².